The van der Waals surface area contributed by atoms with Crippen molar-refractivity contribution in [1.82, 2.24) is 10.2 Å². The first-order valence-corrected chi connectivity index (χ1v) is 15.1. The minimum atomic E-state index is -3.83. The lowest BCUT2D eigenvalue weighted by atomic mass is 10.0. The number of nitrogens with zero attached hydrogens (tertiary/aromatic N) is 2. The third kappa shape index (κ3) is 8.46. The number of nitrogens with one attached hydrogen (secondary N) is 1. The van der Waals surface area contributed by atoms with Crippen LogP contribution in [0.15, 0.2) is 66.7 Å². The van der Waals surface area contributed by atoms with Crippen LogP contribution in [0.5, 0.6) is 0 Å². The third-order valence-electron chi connectivity index (χ3n) is 6.13. The number of sulfonamides is 1. The van der Waals surface area contributed by atoms with Gasteiger partial charge in [-0.3, -0.25) is 13.9 Å². The SMILES string of the molecule is CCNC(=O)C(Cc1ccccc1)N(Cc1ccc(Cl)c(Cl)c1)C(=O)CN(c1cc(C)cc(C)c1)S(C)(=O)=O. The molecule has 3 rings (SSSR count). The van der Waals surface area contributed by atoms with Crippen molar-refractivity contribution in [2.75, 3.05) is 23.7 Å². The number of carbonyl (C=O) groups excluding carboxylic acids is 2. The molecule has 3 aromatic carbocycles. The highest BCUT2D eigenvalue weighted by Gasteiger charge is 2.33. The fraction of sp³-hybridized carbons (Fsp3) is 0.310. The van der Waals surface area contributed by atoms with E-state index in [0.29, 0.717) is 27.8 Å². The van der Waals surface area contributed by atoms with Crippen molar-refractivity contribution < 1.29 is 18.0 Å². The Morgan fingerprint density at radius 2 is 1.54 bits per heavy atom. The van der Waals surface area contributed by atoms with Crippen molar-refractivity contribution in [2.24, 2.45) is 0 Å². The molecule has 0 fully saturated rings. The summed E-state index contributed by atoms with van der Waals surface area (Å²) >= 11 is 12.4. The Morgan fingerprint density at radius 1 is 0.897 bits per heavy atom. The molecule has 2 amide bonds. The molecule has 208 valence electrons. The minimum absolute atomic E-state index is 0.0226. The number of aryl methyl sites for hydroxylation is 2. The molecule has 7 nitrogen and oxygen atoms in total. The van der Waals surface area contributed by atoms with Crippen LogP contribution >= 0.6 is 23.2 Å². The lowest BCUT2D eigenvalue weighted by Gasteiger charge is -2.33. The van der Waals surface area contributed by atoms with Gasteiger partial charge in [-0.25, -0.2) is 8.42 Å². The fourth-order valence-corrected chi connectivity index (χ4v) is 5.54. The molecule has 1 atom stereocenters. The summed E-state index contributed by atoms with van der Waals surface area (Å²) < 4.78 is 26.9. The van der Waals surface area contributed by atoms with Crippen LogP contribution in [0.25, 0.3) is 0 Å². The molecule has 1 unspecified atom stereocenters. The van der Waals surface area contributed by atoms with Gasteiger partial charge in [-0.05, 0) is 67.3 Å². The molecule has 0 bridgehead atoms. The smallest absolute Gasteiger partial charge is 0.244 e. The van der Waals surface area contributed by atoms with Crippen molar-refractivity contribution in [2.45, 2.75) is 39.8 Å². The zero-order chi connectivity index (χ0) is 28.7. The van der Waals surface area contributed by atoms with Crippen LogP contribution in [0.1, 0.15) is 29.2 Å². The highest BCUT2D eigenvalue weighted by Crippen LogP contribution is 2.26. The van der Waals surface area contributed by atoms with Crippen molar-refractivity contribution in [1.29, 1.82) is 0 Å². The van der Waals surface area contributed by atoms with Crippen molar-refractivity contribution in [3.05, 3.63) is 99.0 Å². The molecule has 0 radical (unpaired) electrons. The first-order valence-electron chi connectivity index (χ1n) is 12.5. The molecule has 0 heterocycles. The predicted molar refractivity (Wildman–Crippen MR) is 158 cm³/mol. The summed E-state index contributed by atoms with van der Waals surface area (Å²) in [5.74, 6) is -0.870. The van der Waals surface area contributed by atoms with Gasteiger partial charge in [-0.1, -0.05) is 65.7 Å². The van der Waals surface area contributed by atoms with Crippen LogP contribution in [0, 0.1) is 13.8 Å². The van der Waals surface area contributed by atoms with E-state index in [1.807, 2.05) is 50.2 Å². The molecule has 0 aliphatic rings. The maximum Gasteiger partial charge on any atom is 0.244 e. The lowest BCUT2D eigenvalue weighted by Crippen LogP contribution is -2.53. The zero-order valence-electron chi connectivity index (χ0n) is 22.4. The largest absolute Gasteiger partial charge is 0.355 e. The Morgan fingerprint density at radius 3 is 2.10 bits per heavy atom. The standard InChI is InChI=1S/C29H33Cl2N3O4S/c1-5-32-29(36)27(17-22-9-7-6-8-10-22)33(18-23-11-12-25(30)26(31)16-23)28(35)19-34(39(4,37)38)24-14-20(2)13-21(3)15-24/h6-16,27H,5,17-19H2,1-4H3,(H,32,36). The van der Waals surface area contributed by atoms with Gasteiger partial charge in [-0.2, -0.15) is 0 Å². The molecular weight excluding hydrogens is 557 g/mol. The summed E-state index contributed by atoms with van der Waals surface area (Å²) in [4.78, 5) is 28.8. The number of benzene rings is 3. The topological polar surface area (TPSA) is 86.8 Å². The number of carbonyl (C=O) groups is 2. The van der Waals surface area contributed by atoms with Gasteiger partial charge >= 0.3 is 0 Å². The molecule has 10 heteroatoms. The van der Waals surface area contributed by atoms with E-state index >= 15 is 0 Å². The van der Waals surface area contributed by atoms with E-state index in [2.05, 4.69) is 5.32 Å². The van der Waals surface area contributed by atoms with Crippen molar-refractivity contribution in [3.63, 3.8) is 0 Å². The second-order valence-corrected chi connectivity index (χ2v) is 12.2. The number of halogens is 2. The van der Waals surface area contributed by atoms with Crippen LogP contribution in [0.3, 0.4) is 0 Å². The fourth-order valence-electron chi connectivity index (χ4n) is 4.39. The Bertz CT molecular complexity index is 1410. The predicted octanol–water partition coefficient (Wildman–Crippen LogP) is 5.15. The van der Waals surface area contributed by atoms with Crippen LogP contribution in [0.4, 0.5) is 5.69 Å². The van der Waals surface area contributed by atoms with Gasteiger partial charge in [0, 0.05) is 19.5 Å². The summed E-state index contributed by atoms with van der Waals surface area (Å²) in [5, 5.41) is 3.50. The van der Waals surface area contributed by atoms with E-state index in [9.17, 15) is 18.0 Å². The van der Waals surface area contributed by atoms with Gasteiger partial charge in [0.05, 0.1) is 22.0 Å². The first kappa shape index (κ1) is 30.5. The molecular formula is C29H33Cl2N3O4S. The number of likely N-dealkylation sites (N-methyl/N-ethyl adjacent to an activating group) is 1. The molecule has 0 aliphatic heterocycles. The Labute approximate surface area is 240 Å². The van der Waals surface area contributed by atoms with Crippen molar-refractivity contribution in [3.8, 4) is 0 Å². The highest BCUT2D eigenvalue weighted by atomic mass is 35.5. The van der Waals surface area contributed by atoms with E-state index in [-0.39, 0.29) is 18.9 Å². The summed E-state index contributed by atoms with van der Waals surface area (Å²) in [6.07, 6.45) is 1.30. The Balaban J connectivity index is 2.07. The summed E-state index contributed by atoms with van der Waals surface area (Å²) in [7, 11) is -3.83. The monoisotopic (exact) mass is 589 g/mol. The van der Waals surface area contributed by atoms with Crippen LogP contribution in [0.2, 0.25) is 10.0 Å². The number of hydrogen-bond donors (Lipinski definition) is 1. The molecule has 0 saturated heterocycles. The second kappa shape index (κ2) is 13.3. The third-order valence-corrected chi connectivity index (χ3v) is 8.01. The first-order chi connectivity index (χ1) is 18.4. The van der Waals surface area contributed by atoms with Gasteiger partial charge in [0.25, 0.3) is 0 Å². The summed E-state index contributed by atoms with van der Waals surface area (Å²) in [6, 6.07) is 18.8. The molecule has 0 aliphatic carbocycles. The average molecular weight is 591 g/mol. The van der Waals surface area contributed by atoms with Crippen LogP contribution < -0.4 is 9.62 Å². The molecule has 1 N–H and O–H groups in total. The van der Waals surface area contributed by atoms with Gasteiger partial charge in [0.1, 0.15) is 12.6 Å². The van der Waals surface area contributed by atoms with Gasteiger partial charge in [0.15, 0.2) is 0 Å². The number of anilines is 1. The quantitative estimate of drug-likeness (QED) is 0.335. The molecule has 0 spiro atoms. The normalized spacial score (nSPS) is 12.1. The Hall–Kier alpha value is -3.07. The average Bonchev–Trinajstić information content (AvgIpc) is 2.86. The zero-order valence-corrected chi connectivity index (χ0v) is 24.8. The number of hydrogen-bond acceptors (Lipinski definition) is 4. The van der Waals surface area contributed by atoms with E-state index < -0.39 is 28.5 Å². The van der Waals surface area contributed by atoms with Crippen LogP contribution in [-0.2, 0) is 32.6 Å². The molecule has 0 saturated carbocycles. The van der Waals surface area contributed by atoms with Gasteiger partial charge in [0.2, 0.25) is 21.8 Å². The Kier molecular flexibility index (Phi) is 10.4. The van der Waals surface area contributed by atoms with E-state index in [1.54, 1.807) is 37.3 Å². The van der Waals surface area contributed by atoms with E-state index in [4.69, 9.17) is 23.2 Å². The summed E-state index contributed by atoms with van der Waals surface area (Å²) in [5.41, 5.74) is 3.62. The molecule has 0 aromatic heterocycles. The summed E-state index contributed by atoms with van der Waals surface area (Å²) in [6.45, 7) is 5.44. The van der Waals surface area contributed by atoms with E-state index in [0.717, 1.165) is 27.3 Å². The maximum absolute atomic E-state index is 14.0. The van der Waals surface area contributed by atoms with Gasteiger partial charge in [-0.15, -0.1) is 0 Å². The highest BCUT2D eigenvalue weighted by molar-refractivity contribution is 7.92. The number of rotatable bonds is 11. The second-order valence-electron chi connectivity index (χ2n) is 9.49. The molecule has 39 heavy (non-hydrogen) atoms. The minimum Gasteiger partial charge on any atom is -0.355 e. The molecule has 3 aromatic rings. The maximum atomic E-state index is 14.0. The number of amides is 2. The van der Waals surface area contributed by atoms with Crippen molar-refractivity contribution >= 4 is 50.7 Å². The van der Waals surface area contributed by atoms with Gasteiger partial charge < -0.3 is 10.2 Å². The van der Waals surface area contributed by atoms with Crippen LogP contribution in [-0.4, -0.2) is 50.5 Å². The lowest BCUT2D eigenvalue weighted by molar-refractivity contribution is -0.140. The van der Waals surface area contributed by atoms with E-state index in [1.165, 1.54) is 4.90 Å².